The minimum atomic E-state index is -0.245. The quantitative estimate of drug-likeness (QED) is 0.820. The molecular formula is C17H31NO3. The van der Waals surface area contributed by atoms with E-state index in [0.717, 1.165) is 45.2 Å². The monoisotopic (exact) mass is 297 g/mol. The fourth-order valence-electron chi connectivity index (χ4n) is 4.01. The average molecular weight is 297 g/mol. The summed E-state index contributed by atoms with van der Waals surface area (Å²) >= 11 is 0. The maximum atomic E-state index is 12.3. The van der Waals surface area contributed by atoms with Crippen molar-refractivity contribution < 1.29 is 14.6 Å². The van der Waals surface area contributed by atoms with Crippen molar-refractivity contribution in [1.29, 1.82) is 0 Å². The van der Waals surface area contributed by atoms with Gasteiger partial charge >= 0.3 is 0 Å². The van der Waals surface area contributed by atoms with Gasteiger partial charge in [0.15, 0.2) is 0 Å². The minimum absolute atomic E-state index is 0.0815. The van der Waals surface area contributed by atoms with Crippen LogP contribution in [-0.2, 0) is 9.53 Å². The third-order valence-corrected chi connectivity index (χ3v) is 5.46. The summed E-state index contributed by atoms with van der Waals surface area (Å²) in [5.41, 5.74) is -0.0815. The van der Waals surface area contributed by atoms with E-state index in [9.17, 15) is 9.90 Å². The van der Waals surface area contributed by atoms with Crippen LogP contribution in [0.15, 0.2) is 0 Å². The zero-order valence-corrected chi connectivity index (χ0v) is 13.8. The Hall–Kier alpha value is -0.610. The van der Waals surface area contributed by atoms with Gasteiger partial charge in [0, 0.05) is 38.0 Å². The number of rotatable bonds is 6. The Labute approximate surface area is 128 Å². The van der Waals surface area contributed by atoms with Crippen LogP contribution in [-0.4, -0.2) is 47.8 Å². The lowest BCUT2D eigenvalue weighted by molar-refractivity contribution is -0.210. The minimum Gasteiger partial charge on any atom is -0.392 e. The van der Waals surface area contributed by atoms with Crippen LogP contribution in [0.25, 0.3) is 0 Å². The molecule has 1 N–H and O–H groups in total. The Bertz CT molecular complexity index is 348. The molecule has 1 saturated heterocycles. The predicted molar refractivity (Wildman–Crippen MR) is 83.0 cm³/mol. The first-order valence-corrected chi connectivity index (χ1v) is 8.61. The highest BCUT2D eigenvalue weighted by Gasteiger charge is 2.56. The van der Waals surface area contributed by atoms with Crippen LogP contribution in [0.4, 0.5) is 0 Å². The fraction of sp³-hybridized carbons (Fsp3) is 0.941. The number of hydrogen-bond donors (Lipinski definition) is 1. The van der Waals surface area contributed by atoms with E-state index in [4.69, 9.17) is 4.74 Å². The Morgan fingerprint density at radius 3 is 2.57 bits per heavy atom. The molecule has 3 atom stereocenters. The van der Waals surface area contributed by atoms with Gasteiger partial charge in [0.1, 0.15) is 0 Å². The highest BCUT2D eigenvalue weighted by molar-refractivity contribution is 5.76. The highest BCUT2D eigenvalue weighted by Crippen LogP contribution is 2.51. The summed E-state index contributed by atoms with van der Waals surface area (Å²) in [6.45, 7) is 8.59. The smallest absolute Gasteiger partial charge is 0.222 e. The number of piperidine rings is 1. The molecule has 21 heavy (non-hydrogen) atoms. The van der Waals surface area contributed by atoms with Gasteiger partial charge in [-0.25, -0.2) is 0 Å². The second-order valence-corrected chi connectivity index (χ2v) is 6.91. The van der Waals surface area contributed by atoms with Crippen LogP contribution in [0.1, 0.15) is 59.3 Å². The van der Waals surface area contributed by atoms with Crippen molar-refractivity contribution in [2.75, 3.05) is 19.7 Å². The Morgan fingerprint density at radius 1 is 1.38 bits per heavy atom. The lowest BCUT2D eigenvalue weighted by Crippen LogP contribution is -2.62. The zero-order valence-electron chi connectivity index (χ0n) is 13.8. The molecule has 0 aromatic heterocycles. The molecule has 122 valence electrons. The Kier molecular flexibility index (Phi) is 5.67. The summed E-state index contributed by atoms with van der Waals surface area (Å²) in [5, 5.41) is 10.2. The van der Waals surface area contributed by atoms with Crippen molar-refractivity contribution in [2.45, 2.75) is 71.5 Å². The van der Waals surface area contributed by atoms with Gasteiger partial charge in [-0.05, 0) is 25.7 Å². The Balaban J connectivity index is 1.84. The fourth-order valence-corrected chi connectivity index (χ4v) is 4.01. The van der Waals surface area contributed by atoms with Crippen molar-refractivity contribution in [1.82, 2.24) is 4.90 Å². The van der Waals surface area contributed by atoms with Crippen molar-refractivity contribution in [3.05, 3.63) is 0 Å². The molecule has 2 aliphatic rings. The lowest BCUT2D eigenvalue weighted by atomic mass is 9.58. The number of aliphatic hydroxyl groups excluding tert-OH is 1. The molecule has 1 amide bonds. The average Bonchev–Trinajstić information content (AvgIpc) is 2.47. The van der Waals surface area contributed by atoms with E-state index < -0.39 is 0 Å². The van der Waals surface area contributed by atoms with Gasteiger partial charge in [0.05, 0.1) is 12.2 Å². The molecule has 0 bridgehead atoms. The highest BCUT2D eigenvalue weighted by atomic mass is 16.5. The molecule has 3 unspecified atom stereocenters. The van der Waals surface area contributed by atoms with Crippen LogP contribution >= 0.6 is 0 Å². The molecule has 1 heterocycles. The lowest BCUT2D eigenvalue weighted by Gasteiger charge is -2.56. The van der Waals surface area contributed by atoms with Crippen molar-refractivity contribution in [2.24, 2.45) is 11.3 Å². The van der Waals surface area contributed by atoms with Gasteiger partial charge in [-0.3, -0.25) is 4.79 Å². The number of carbonyl (C=O) groups is 1. The van der Waals surface area contributed by atoms with E-state index in [1.165, 1.54) is 0 Å². The standard InChI is InChI=1S/C17H31NO3/c1-4-6-13(3)11-16(20)18-9-7-17(8-10-18)14(19)12-15(17)21-5-2/h13-15,19H,4-12H2,1-3H3. The Morgan fingerprint density at radius 2 is 2.05 bits per heavy atom. The number of hydrogen-bond acceptors (Lipinski definition) is 3. The summed E-state index contributed by atoms with van der Waals surface area (Å²) in [4.78, 5) is 14.3. The number of amides is 1. The molecule has 2 rings (SSSR count). The summed E-state index contributed by atoms with van der Waals surface area (Å²) in [5.74, 6) is 0.761. The zero-order chi connectivity index (χ0) is 15.5. The first-order chi connectivity index (χ1) is 10.0. The summed E-state index contributed by atoms with van der Waals surface area (Å²) < 4.78 is 5.77. The first kappa shape index (κ1) is 16.8. The maximum Gasteiger partial charge on any atom is 0.222 e. The van der Waals surface area contributed by atoms with Crippen LogP contribution in [0.5, 0.6) is 0 Å². The van der Waals surface area contributed by atoms with E-state index >= 15 is 0 Å². The normalized spacial score (nSPS) is 29.2. The van der Waals surface area contributed by atoms with Gasteiger partial charge in [0.2, 0.25) is 5.91 Å². The molecular weight excluding hydrogens is 266 g/mol. The molecule has 2 fully saturated rings. The molecule has 1 saturated carbocycles. The van der Waals surface area contributed by atoms with Gasteiger partial charge < -0.3 is 14.7 Å². The van der Waals surface area contributed by atoms with Crippen LogP contribution in [0.2, 0.25) is 0 Å². The predicted octanol–water partition coefficient (Wildman–Crippen LogP) is 2.59. The molecule has 0 radical (unpaired) electrons. The summed E-state index contributed by atoms with van der Waals surface area (Å²) in [7, 11) is 0. The van der Waals surface area contributed by atoms with E-state index in [-0.39, 0.29) is 23.5 Å². The van der Waals surface area contributed by atoms with Crippen molar-refractivity contribution in [3.8, 4) is 0 Å². The first-order valence-electron chi connectivity index (χ1n) is 8.61. The van der Waals surface area contributed by atoms with E-state index in [2.05, 4.69) is 13.8 Å². The molecule has 1 aliphatic carbocycles. The summed E-state index contributed by atoms with van der Waals surface area (Å²) in [6.07, 6.45) is 5.39. The molecule has 1 spiro atoms. The number of ether oxygens (including phenoxy) is 1. The topological polar surface area (TPSA) is 49.8 Å². The third-order valence-electron chi connectivity index (χ3n) is 5.46. The van der Waals surface area contributed by atoms with E-state index in [1.54, 1.807) is 0 Å². The summed E-state index contributed by atoms with van der Waals surface area (Å²) in [6, 6.07) is 0. The molecule has 1 aliphatic heterocycles. The molecule has 4 heteroatoms. The third kappa shape index (κ3) is 3.42. The number of aliphatic hydroxyl groups is 1. The van der Waals surface area contributed by atoms with Crippen LogP contribution in [0.3, 0.4) is 0 Å². The van der Waals surface area contributed by atoms with Crippen LogP contribution in [0, 0.1) is 11.3 Å². The van der Waals surface area contributed by atoms with Gasteiger partial charge in [0.25, 0.3) is 0 Å². The molecule has 0 aromatic carbocycles. The van der Waals surface area contributed by atoms with Crippen molar-refractivity contribution in [3.63, 3.8) is 0 Å². The number of carbonyl (C=O) groups excluding carboxylic acids is 1. The second kappa shape index (κ2) is 7.10. The van der Waals surface area contributed by atoms with Gasteiger partial charge in [-0.1, -0.05) is 26.7 Å². The SMILES string of the molecule is CCCC(C)CC(=O)N1CCC2(CC1)C(O)CC2OCC. The largest absolute Gasteiger partial charge is 0.392 e. The van der Waals surface area contributed by atoms with Gasteiger partial charge in [-0.15, -0.1) is 0 Å². The van der Waals surface area contributed by atoms with Crippen LogP contribution < -0.4 is 0 Å². The molecule has 0 aromatic rings. The maximum absolute atomic E-state index is 12.3. The van der Waals surface area contributed by atoms with Crippen molar-refractivity contribution >= 4 is 5.91 Å². The van der Waals surface area contributed by atoms with E-state index in [1.807, 2.05) is 11.8 Å². The van der Waals surface area contributed by atoms with Gasteiger partial charge in [-0.2, -0.15) is 0 Å². The number of likely N-dealkylation sites (tertiary alicyclic amines) is 1. The molecule has 4 nitrogen and oxygen atoms in total. The number of nitrogens with zero attached hydrogens (tertiary/aromatic N) is 1. The second-order valence-electron chi connectivity index (χ2n) is 6.91. The van der Waals surface area contributed by atoms with E-state index in [0.29, 0.717) is 18.9 Å².